The Labute approximate surface area is 99.5 Å². The maximum Gasteiger partial charge on any atom is 0.325 e. The number of aliphatic carboxylic acids is 1. The molecule has 1 heterocycles. The van der Waals surface area contributed by atoms with Crippen LogP contribution in [0.15, 0.2) is 0 Å². The van der Waals surface area contributed by atoms with Crippen LogP contribution in [0, 0.1) is 0 Å². The molecule has 0 aromatic heterocycles. The van der Waals surface area contributed by atoms with Gasteiger partial charge in [-0.2, -0.15) is 0 Å². The van der Waals surface area contributed by atoms with E-state index in [4.69, 9.17) is 5.11 Å². The molecule has 0 spiro atoms. The van der Waals surface area contributed by atoms with Gasteiger partial charge in [0.2, 0.25) is 0 Å². The van der Waals surface area contributed by atoms with E-state index in [2.05, 4.69) is 10.6 Å². The number of carboxylic acids is 1. The lowest BCUT2D eigenvalue weighted by molar-refractivity contribution is -0.138. The molecule has 8 heteroatoms. The molecule has 2 amide bonds. The van der Waals surface area contributed by atoms with Gasteiger partial charge in [-0.25, -0.2) is 13.2 Å². The van der Waals surface area contributed by atoms with E-state index in [1.54, 1.807) is 0 Å². The van der Waals surface area contributed by atoms with Crippen LogP contribution in [0.1, 0.15) is 19.8 Å². The predicted octanol–water partition coefficient (Wildman–Crippen LogP) is -0.664. The molecule has 1 aliphatic heterocycles. The number of urea groups is 1. The van der Waals surface area contributed by atoms with E-state index in [1.807, 2.05) is 0 Å². The Bertz CT molecular complexity index is 406. The van der Waals surface area contributed by atoms with Gasteiger partial charge in [-0.1, -0.05) is 0 Å². The van der Waals surface area contributed by atoms with Crippen molar-refractivity contribution in [2.24, 2.45) is 0 Å². The zero-order chi connectivity index (χ0) is 13.1. The minimum absolute atomic E-state index is 0.0283. The summed E-state index contributed by atoms with van der Waals surface area (Å²) >= 11 is 0. The topological polar surface area (TPSA) is 113 Å². The summed E-state index contributed by atoms with van der Waals surface area (Å²) in [5, 5.41) is 12.6. The quantitative estimate of drug-likeness (QED) is 0.623. The van der Waals surface area contributed by atoms with Gasteiger partial charge in [-0.15, -0.1) is 0 Å². The largest absolute Gasteiger partial charge is 0.480 e. The second-order valence-electron chi connectivity index (χ2n) is 4.05. The summed E-state index contributed by atoms with van der Waals surface area (Å²) in [7, 11) is -3.09. The Kier molecular flexibility index (Phi) is 4.33. The van der Waals surface area contributed by atoms with E-state index in [0.717, 1.165) is 0 Å². The molecule has 2 atom stereocenters. The van der Waals surface area contributed by atoms with Crippen LogP contribution in [0.4, 0.5) is 4.79 Å². The molecule has 1 rings (SSSR count). The minimum Gasteiger partial charge on any atom is -0.480 e. The second-order valence-corrected chi connectivity index (χ2v) is 6.45. The molecule has 98 valence electrons. The molecule has 1 saturated heterocycles. The fourth-order valence-corrected chi connectivity index (χ4v) is 3.37. The standard InChI is InChI=1S/C9H16N2O5S/c1-6(8(12)13)11-9(14)10-5-7-3-2-4-17(7,15)16/h6-7H,2-5H2,1H3,(H,12,13)(H2,10,11,14). The Morgan fingerprint density at radius 1 is 1.47 bits per heavy atom. The Morgan fingerprint density at radius 3 is 2.59 bits per heavy atom. The van der Waals surface area contributed by atoms with E-state index >= 15 is 0 Å². The first-order valence-corrected chi connectivity index (χ1v) is 7.03. The van der Waals surface area contributed by atoms with Crippen molar-refractivity contribution < 1.29 is 23.1 Å². The predicted molar refractivity (Wildman–Crippen MR) is 60.4 cm³/mol. The number of hydrogen-bond acceptors (Lipinski definition) is 4. The number of carbonyl (C=O) groups is 2. The molecule has 3 N–H and O–H groups in total. The number of carbonyl (C=O) groups excluding carboxylic acids is 1. The van der Waals surface area contributed by atoms with Crippen molar-refractivity contribution in [2.75, 3.05) is 12.3 Å². The molecule has 1 fully saturated rings. The summed E-state index contributed by atoms with van der Waals surface area (Å²) in [6, 6.07) is -1.67. The number of rotatable bonds is 4. The summed E-state index contributed by atoms with van der Waals surface area (Å²) < 4.78 is 22.9. The molecular formula is C9H16N2O5S. The highest BCUT2D eigenvalue weighted by molar-refractivity contribution is 7.92. The smallest absolute Gasteiger partial charge is 0.325 e. The van der Waals surface area contributed by atoms with Gasteiger partial charge in [-0.3, -0.25) is 4.79 Å². The number of amides is 2. The molecule has 0 aliphatic carbocycles. The molecule has 2 unspecified atom stereocenters. The lowest BCUT2D eigenvalue weighted by Gasteiger charge is -2.13. The Hall–Kier alpha value is -1.31. The van der Waals surface area contributed by atoms with Gasteiger partial charge in [0, 0.05) is 6.54 Å². The Morgan fingerprint density at radius 2 is 2.12 bits per heavy atom. The zero-order valence-corrected chi connectivity index (χ0v) is 10.3. The van der Waals surface area contributed by atoms with E-state index in [-0.39, 0.29) is 12.3 Å². The molecular weight excluding hydrogens is 248 g/mol. The van der Waals surface area contributed by atoms with Gasteiger partial charge in [0.1, 0.15) is 6.04 Å². The van der Waals surface area contributed by atoms with Crippen molar-refractivity contribution in [3.63, 3.8) is 0 Å². The van der Waals surface area contributed by atoms with Crippen molar-refractivity contribution in [2.45, 2.75) is 31.1 Å². The van der Waals surface area contributed by atoms with Crippen LogP contribution in [0.2, 0.25) is 0 Å². The third kappa shape index (κ3) is 3.88. The highest BCUT2D eigenvalue weighted by atomic mass is 32.2. The molecule has 17 heavy (non-hydrogen) atoms. The number of carboxylic acid groups (broad SMARTS) is 1. The SMILES string of the molecule is CC(NC(=O)NCC1CCCS1(=O)=O)C(=O)O. The molecule has 1 aliphatic rings. The van der Waals surface area contributed by atoms with Gasteiger partial charge in [0.05, 0.1) is 11.0 Å². The van der Waals surface area contributed by atoms with Crippen LogP contribution < -0.4 is 10.6 Å². The van der Waals surface area contributed by atoms with Crippen LogP contribution in [0.25, 0.3) is 0 Å². The van der Waals surface area contributed by atoms with Gasteiger partial charge in [0.25, 0.3) is 0 Å². The molecule has 0 aromatic rings. The fraction of sp³-hybridized carbons (Fsp3) is 0.778. The highest BCUT2D eigenvalue weighted by Gasteiger charge is 2.31. The summed E-state index contributed by atoms with van der Waals surface area (Å²) in [5.74, 6) is -0.986. The van der Waals surface area contributed by atoms with E-state index < -0.39 is 33.1 Å². The first-order chi connectivity index (χ1) is 7.83. The molecule has 7 nitrogen and oxygen atoms in total. The second kappa shape index (κ2) is 5.35. The van der Waals surface area contributed by atoms with E-state index in [0.29, 0.717) is 12.8 Å². The molecule has 0 saturated carbocycles. The van der Waals surface area contributed by atoms with Gasteiger partial charge < -0.3 is 15.7 Å². The van der Waals surface area contributed by atoms with Gasteiger partial charge >= 0.3 is 12.0 Å². The van der Waals surface area contributed by atoms with Crippen LogP contribution in [-0.4, -0.2) is 49.1 Å². The van der Waals surface area contributed by atoms with Gasteiger partial charge in [-0.05, 0) is 19.8 Å². The van der Waals surface area contributed by atoms with Crippen LogP contribution in [0.3, 0.4) is 0 Å². The van der Waals surface area contributed by atoms with Crippen molar-refractivity contribution in [3.8, 4) is 0 Å². The zero-order valence-electron chi connectivity index (χ0n) is 9.47. The average molecular weight is 264 g/mol. The Balaban J connectivity index is 2.36. The third-order valence-corrected chi connectivity index (χ3v) is 4.95. The summed E-state index contributed by atoms with van der Waals surface area (Å²) in [6.07, 6.45) is 1.15. The minimum atomic E-state index is -3.09. The maximum absolute atomic E-state index is 11.4. The number of nitrogens with one attached hydrogen (secondary N) is 2. The van der Waals surface area contributed by atoms with Crippen molar-refractivity contribution in [3.05, 3.63) is 0 Å². The summed E-state index contributed by atoms with van der Waals surface area (Å²) in [6.45, 7) is 1.36. The first-order valence-electron chi connectivity index (χ1n) is 5.31. The lowest BCUT2D eigenvalue weighted by atomic mass is 10.2. The average Bonchev–Trinajstić information content (AvgIpc) is 2.54. The van der Waals surface area contributed by atoms with Crippen LogP contribution in [-0.2, 0) is 14.6 Å². The molecule has 0 radical (unpaired) electrons. The maximum atomic E-state index is 11.4. The van der Waals surface area contributed by atoms with Crippen molar-refractivity contribution in [1.29, 1.82) is 0 Å². The third-order valence-electron chi connectivity index (χ3n) is 2.67. The molecule has 0 bridgehead atoms. The normalized spacial score (nSPS) is 23.9. The number of sulfone groups is 1. The first kappa shape index (κ1) is 13.8. The van der Waals surface area contributed by atoms with Crippen LogP contribution >= 0.6 is 0 Å². The molecule has 0 aromatic carbocycles. The number of hydrogen-bond donors (Lipinski definition) is 3. The van der Waals surface area contributed by atoms with E-state index in [9.17, 15) is 18.0 Å². The fourth-order valence-electron chi connectivity index (χ4n) is 1.60. The highest BCUT2D eigenvalue weighted by Crippen LogP contribution is 2.18. The summed E-state index contributed by atoms with van der Waals surface area (Å²) in [4.78, 5) is 21.7. The summed E-state index contributed by atoms with van der Waals surface area (Å²) in [5.41, 5.74) is 0. The lowest BCUT2D eigenvalue weighted by Crippen LogP contribution is -2.46. The van der Waals surface area contributed by atoms with Crippen molar-refractivity contribution in [1.82, 2.24) is 10.6 Å². The van der Waals surface area contributed by atoms with Crippen LogP contribution in [0.5, 0.6) is 0 Å². The monoisotopic (exact) mass is 264 g/mol. The van der Waals surface area contributed by atoms with E-state index in [1.165, 1.54) is 6.92 Å². The van der Waals surface area contributed by atoms with Crippen molar-refractivity contribution >= 4 is 21.8 Å². The van der Waals surface area contributed by atoms with Gasteiger partial charge in [0.15, 0.2) is 9.84 Å².